The number of hydrogen-bond donors (Lipinski definition) is 2. The van der Waals surface area contributed by atoms with Crippen LogP contribution in [0.4, 0.5) is 5.69 Å². The van der Waals surface area contributed by atoms with Crippen LogP contribution in [0.5, 0.6) is 5.75 Å². The number of hydrogen-bond acceptors (Lipinski definition) is 5. The Morgan fingerprint density at radius 3 is 2.68 bits per heavy atom. The highest BCUT2D eigenvalue weighted by Crippen LogP contribution is 2.22. The van der Waals surface area contributed by atoms with Gasteiger partial charge in [-0.15, -0.1) is 0 Å². The second-order valence-corrected chi connectivity index (χ2v) is 3.96. The average Bonchev–Trinajstić information content (AvgIpc) is 2.42. The number of phenols is 1. The number of nitriles is 1. The third kappa shape index (κ3) is 2.97. The molecule has 2 rings (SSSR count). The molecular weight excluding hydrogens is 268 g/mol. The Kier molecular flexibility index (Phi) is 3.59. The molecule has 6 nitrogen and oxygen atoms in total. The van der Waals surface area contributed by atoms with E-state index in [9.17, 15) is 9.90 Å². The number of aromatic nitrogens is 2. The lowest BCUT2D eigenvalue weighted by Crippen LogP contribution is -2.12. The summed E-state index contributed by atoms with van der Waals surface area (Å²) >= 11 is 5.75. The quantitative estimate of drug-likeness (QED) is 0.872. The minimum absolute atomic E-state index is 0.00333. The van der Waals surface area contributed by atoms with Gasteiger partial charge in [0.05, 0.1) is 23.6 Å². The van der Waals surface area contributed by atoms with E-state index in [1.165, 1.54) is 30.6 Å². The number of benzene rings is 1. The van der Waals surface area contributed by atoms with E-state index in [0.29, 0.717) is 10.7 Å². The second kappa shape index (κ2) is 5.33. The molecule has 1 heterocycles. The summed E-state index contributed by atoms with van der Waals surface area (Å²) in [7, 11) is 0. The molecule has 0 atom stereocenters. The van der Waals surface area contributed by atoms with Crippen LogP contribution in [-0.2, 0) is 0 Å². The van der Waals surface area contributed by atoms with Crippen LogP contribution in [0.2, 0.25) is 5.02 Å². The van der Waals surface area contributed by atoms with Gasteiger partial charge in [-0.25, -0.2) is 9.97 Å². The van der Waals surface area contributed by atoms with E-state index in [0.717, 1.165) is 0 Å². The second-order valence-electron chi connectivity index (χ2n) is 3.52. The summed E-state index contributed by atoms with van der Waals surface area (Å²) in [6, 6.07) is 5.90. The number of nitrogens with zero attached hydrogens (tertiary/aromatic N) is 3. The monoisotopic (exact) mass is 274 g/mol. The number of carbonyl (C=O) groups excluding carboxylic acids is 1. The first-order chi connectivity index (χ1) is 9.10. The van der Waals surface area contributed by atoms with E-state index in [2.05, 4.69) is 15.3 Å². The molecule has 2 aromatic rings. The molecule has 1 aromatic carbocycles. The molecular formula is C12H7ClN4O2. The highest BCUT2D eigenvalue weighted by atomic mass is 35.5. The topological polar surface area (TPSA) is 98.9 Å². The predicted octanol–water partition coefficient (Wildman–Crippen LogP) is 1.96. The Hall–Kier alpha value is -2.65. The third-order valence-electron chi connectivity index (χ3n) is 2.21. The van der Waals surface area contributed by atoms with Crippen molar-refractivity contribution < 1.29 is 9.90 Å². The van der Waals surface area contributed by atoms with Crippen molar-refractivity contribution in [3.63, 3.8) is 0 Å². The van der Waals surface area contributed by atoms with Gasteiger partial charge in [-0.05, 0) is 18.2 Å². The molecule has 19 heavy (non-hydrogen) atoms. The van der Waals surface area contributed by atoms with Crippen molar-refractivity contribution in [1.29, 1.82) is 5.26 Å². The zero-order valence-electron chi connectivity index (χ0n) is 9.46. The van der Waals surface area contributed by atoms with Crippen molar-refractivity contribution in [1.82, 2.24) is 9.97 Å². The number of rotatable bonds is 2. The van der Waals surface area contributed by atoms with Gasteiger partial charge in [-0.2, -0.15) is 5.26 Å². The minimum atomic E-state index is -0.548. The van der Waals surface area contributed by atoms with E-state index in [1.54, 1.807) is 6.07 Å². The fourth-order valence-corrected chi connectivity index (χ4v) is 1.51. The molecule has 0 unspecified atom stereocenters. The molecule has 0 spiro atoms. The number of aromatic hydroxyl groups is 1. The van der Waals surface area contributed by atoms with Crippen LogP contribution in [0.3, 0.4) is 0 Å². The number of carbonyl (C=O) groups is 1. The molecule has 0 aliphatic carbocycles. The molecule has 0 saturated heterocycles. The highest BCUT2D eigenvalue weighted by Gasteiger charge is 2.12. The fraction of sp³-hybridized carbons (Fsp3) is 0. The SMILES string of the molecule is N#Cc1ncc(NC(=O)c2cc(Cl)ccc2O)cn1. The molecule has 94 valence electrons. The van der Waals surface area contributed by atoms with Gasteiger partial charge in [0.2, 0.25) is 5.82 Å². The van der Waals surface area contributed by atoms with Crippen LogP contribution >= 0.6 is 11.6 Å². The summed E-state index contributed by atoms with van der Waals surface area (Å²) in [4.78, 5) is 19.3. The number of amides is 1. The molecule has 0 aliphatic heterocycles. The normalized spacial score (nSPS) is 9.68. The van der Waals surface area contributed by atoms with E-state index in [-0.39, 0.29) is 17.1 Å². The molecule has 1 aromatic heterocycles. The lowest BCUT2D eigenvalue weighted by atomic mass is 10.2. The van der Waals surface area contributed by atoms with Crippen molar-refractivity contribution in [2.24, 2.45) is 0 Å². The Morgan fingerprint density at radius 2 is 2.05 bits per heavy atom. The highest BCUT2D eigenvalue weighted by molar-refractivity contribution is 6.31. The van der Waals surface area contributed by atoms with Gasteiger partial charge in [0.1, 0.15) is 11.8 Å². The van der Waals surface area contributed by atoms with Crippen LogP contribution < -0.4 is 5.32 Å². The molecule has 0 bridgehead atoms. The molecule has 0 saturated carbocycles. The maximum absolute atomic E-state index is 11.9. The van der Waals surface area contributed by atoms with Crippen LogP contribution in [-0.4, -0.2) is 21.0 Å². The van der Waals surface area contributed by atoms with Gasteiger partial charge in [-0.3, -0.25) is 4.79 Å². The van der Waals surface area contributed by atoms with Gasteiger partial charge in [0.25, 0.3) is 5.91 Å². The van der Waals surface area contributed by atoms with Crippen molar-refractivity contribution in [2.45, 2.75) is 0 Å². The smallest absolute Gasteiger partial charge is 0.259 e. The van der Waals surface area contributed by atoms with Gasteiger partial charge < -0.3 is 10.4 Å². The molecule has 0 fully saturated rings. The first-order valence-corrected chi connectivity index (χ1v) is 5.50. The van der Waals surface area contributed by atoms with Crippen LogP contribution in [0.1, 0.15) is 16.2 Å². The Balaban J connectivity index is 2.21. The van der Waals surface area contributed by atoms with Gasteiger partial charge in [-0.1, -0.05) is 11.6 Å². The maximum Gasteiger partial charge on any atom is 0.259 e. The van der Waals surface area contributed by atoms with E-state index in [1.807, 2.05) is 0 Å². The van der Waals surface area contributed by atoms with Gasteiger partial charge in [0.15, 0.2) is 0 Å². The van der Waals surface area contributed by atoms with Gasteiger partial charge >= 0.3 is 0 Å². The van der Waals surface area contributed by atoms with Crippen molar-refractivity contribution in [3.05, 3.63) is 47.0 Å². The van der Waals surface area contributed by atoms with Crippen LogP contribution in [0.25, 0.3) is 0 Å². The largest absolute Gasteiger partial charge is 0.507 e. The molecule has 2 N–H and O–H groups in total. The molecule has 0 radical (unpaired) electrons. The fourth-order valence-electron chi connectivity index (χ4n) is 1.34. The zero-order chi connectivity index (χ0) is 13.8. The summed E-state index contributed by atoms with van der Waals surface area (Å²) < 4.78 is 0. The van der Waals surface area contributed by atoms with Crippen LogP contribution in [0.15, 0.2) is 30.6 Å². The Bertz CT molecular complexity index is 664. The van der Waals surface area contributed by atoms with Crippen LogP contribution in [0, 0.1) is 11.3 Å². The summed E-state index contributed by atoms with van der Waals surface area (Å²) in [6.45, 7) is 0. The van der Waals surface area contributed by atoms with E-state index < -0.39 is 5.91 Å². The summed E-state index contributed by atoms with van der Waals surface area (Å²) in [5, 5.41) is 20.9. The maximum atomic E-state index is 11.9. The standard InChI is InChI=1S/C12H7ClN4O2/c13-7-1-2-10(18)9(3-7)12(19)17-8-5-15-11(4-14)16-6-8/h1-3,5-6,18H,(H,17,19). The number of phenolic OH excluding ortho intramolecular Hbond substituents is 1. The van der Waals surface area contributed by atoms with Crippen molar-refractivity contribution in [2.75, 3.05) is 5.32 Å². The van der Waals surface area contributed by atoms with Crippen molar-refractivity contribution >= 4 is 23.2 Å². The first-order valence-electron chi connectivity index (χ1n) is 5.12. The first kappa shape index (κ1) is 12.8. The number of nitrogens with one attached hydrogen (secondary N) is 1. The van der Waals surface area contributed by atoms with E-state index in [4.69, 9.17) is 16.9 Å². The summed E-state index contributed by atoms with van der Waals surface area (Å²) in [6.07, 6.45) is 2.59. The summed E-state index contributed by atoms with van der Waals surface area (Å²) in [5.41, 5.74) is 0.347. The molecule has 1 amide bonds. The number of halogens is 1. The predicted molar refractivity (Wildman–Crippen MR) is 67.8 cm³/mol. The lowest BCUT2D eigenvalue weighted by molar-refractivity contribution is 0.102. The van der Waals surface area contributed by atoms with Gasteiger partial charge in [0, 0.05) is 5.02 Å². The molecule has 7 heteroatoms. The van der Waals surface area contributed by atoms with Crippen molar-refractivity contribution in [3.8, 4) is 11.8 Å². The number of anilines is 1. The summed E-state index contributed by atoms with van der Waals surface area (Å²) in [5.74, 6) is -0.728. The third-order valence-corrected chi connectivity index (χ3v) is 2.45. The lowest BCUT2D eigenvalue weighted by Gasteiger charge is -2.06. The molecule has 0 aliphatic rings. The Morgan fingerprint density at radius 1 is 1.37 bits per heavy atom. The van der Waals surface area contributed by atoms with E-state index >= 15 is 0 Å². The average molecular weight is 275 g/mol. The Labute approximate surface area is 113 Å². The zero-order valence-corrected chi connectivity index (χ0v) is 10.2. The minimum Gasteiger partial charge on any atom is -0.507 e.